The Bertz CT molecular complexity index is 634. The molecule has 2 fully saturated rings. The maximum absolute atomic E-state index is 12.8. The van der Waals surface area contributed by atoms with Crippen LogP contribution in [0.4, 0.5) is 0 Å². The fraction of sp³-hybridized carbons (Fsp3) is 0.619. The molecule has 2 saturated heterocycles. The highest BCUT2D eigenvalue weighted by atomic mass is 16.2. The molecule has 2 amide bonds. The highest BCUT2D eigenvalue weighted by Crippen LogP contribution is 2.27. The number of carbonyl (C=O) groups excluding carboxylic acids is 2. The van der Waals surface area contributed by atoms with Crippen LogP contribution in [0.1, 0.15) is 49.5 Å². The van der Waals surface area contributed by atoms with Gasteiger partial charge in [-0.2, -0.15) is 0 Å². The predicted octanol–water partition coefficient (Wildman–Crippen LogP) is 2.42. The van der Waals surface area contributed by atoms with Gasteiger partial charge in [-0.1, -0.05) is 32.9 Å². The lowest BCUT2D eigenvalue weighted by Gasteiger charge is -2.21. The third kappa shape index (κ3) is 4.44. The number of carbonyl (C=O) groups is 2. The van der Waals surface area contributed by atoms with Crippen LogP contribution in [0.15, 0.2) is 24.3 Å². The summed E-state index contributed by atoms with van der Waals surface area (Å²) in [5.41, 5.74) is 1.35. The van der Waals surface area contributed by atoms with E-state index in [1.807, 2.05) is 49.9 Å². The summed E-state index contributed by atoms with van der Waals surface area (Å²) in [7, 11) is 0. The molecule has 1 aromatic carbocycles. The average Bonchev–Trinajstić information content (AvgIpc) is 2.97. The first-order valence-electron chi connectivity index (χ1n) is 9.72. The topological polar surface area (TPSA) is 61.4 Å². The molecule has 0 unspecified atom stereocenters. The number of nitrogens with one attached hydrogen (secondary N) is 2. The van der Waals surface area contributed by atoms with Gasteiger partial charge in [-0.15, -0.1) is 0 Å². The lowest BCUT2D eigenvalue weighted by Crippen LogP contribution is -2.34. The largest absolute Gasteiger partial charge is 0.352 e. The van der Waals surface area contributed by atoms with Crippen LogP contribution < -0.4 is 10.6 Å². The van der Waals surface area contributed by atoms with Crippen LogP contribution in [-0.4, -0.2) is 42.9 Å². The van der Waals surface area contributed by atoms with Gasteiger partial charge in [0.15, 0.2) is 0 Å². The van der Waals surface area contributed by atoms with Crippen molar-refractivity contribution in [2.75, 3.05) is 26.2 Å². The Balaban J connectivity index is 1.56. The van der Waals surface area contributed by atoms with Crippen LogP contribution in [0.3, 0.4) is 0 Å². The van der Waals surface area contributed by atoms with Crippen molar-refractivity contribution in [1.82, 2.24) is 15.5 Å². The molecule has 2 atom stereocenters. The van der Waals surface area contributed by atoms with Gasteiger partial charge in [-0.05, 0) is 55.5 Å². The summed E-state index contributed by atoms with van der Waals surface area (Å²) in [4.78, 5) is 26.8. The molecule has 0 aromatic heterocycles. The van der Waals surface area contributed by atoms with Crippen LogP contribution in [0.25, 0.3) is 0 Å². The number of amides is 2. The van der Waals surface area contributed by atoms with Crippen LogP contribution in [0.2, 0.25) is 0 Å². The maximum Gasteiger partial charge on any atom is 0.253 e. The van der Waals surface area contributed by atoms with Gasteiger partial charge in [0.25, 0.3) is 5.91 Å². The van der Waals surface area contributed by atoms with Crippen molar-refractivity contribution < 1.29 is 9.59 Å². The summed E-state index contributed by atoms with van der Waals surface area (Å²) in [5.74, 6) is 1.61. The Morgan fingerprint density at radius 1 is 1.08 bits per heavy atom. The van der Waals surface area contributed by atoms with E-state index in [0.717, 1.165) is 62.0 Å². The Hall–Kier alpha value is -1.88. The Morgan fingerprint density at radius 3 is 2.19 bits per heavy atom. The van der Waals surface area contributed by atoms with Crippen molar-refractivity contribution >= 4 is 11.8 Å². The maximum atomic E-state index is 12.8. The van der Waals surface area contributed by atoms with E-state index in [-0.39, 0.29) is 11.8 Å². The highest BCUT2D eigenvalue weighted by molar-refractivity contribution is 5.94. The number of likely N-dealkylation sites (tertiary alicyclic amines) is 1. The summed E-state index contributed by atoms with van der Waals surface area (Å²) < 4.78 is 0. The zero-order valence-corrected chi connectivity index (χ0v) is 16.2. The summed E-state index contributed by atoms with van der Waals surface area (Å²) in [5, 5.41) is 6.41. The van der Waals surface area contributed by atoms with Gasteiger partial charge in [0, 0.05) is 30.6 Å². The number of nitrogens with zero attached hydrogens (tertiary/aromatic N) is 1. The standard InChI is InChI=1S/C21H31N3O2/c1-21(2,3)20(26)23-12-15-4-6-16(7-5-15)19(25)24-10-8-17-13-22-14-18(17)9-11-24/h4-7,17-18,22H,8-14H2,1-3H3,(H,23,26)/t17-,18+. The van der Waals surface area contributed by atoms with Gasteiger partial charge in [0.1, 0.15) is 0 Å². The molecule has 0 aliphatic carbocycles. The van der Waals surface area contributed by atoms with E-state index in [9.17, 15) is 9.59 Å². The number of hydrogen-bond donors (Lipinski definition) is 2. The zero-order valence-electron chi connectivity index (χ0n) is 16.2. The van der Waals surface area contributed by atoms with Crippen molar-refractivity contribution in [3.63, 3.8) is 0 Å². The minimum atomic E-state index is -0.392. The molecule has 2 aliphatic rings. The molecule has 26 heavy (non-hydrogen) atoms. The third-order valence-corrected chi connectivity index (χ3v) is 5.64. The van der Waals surface area contributed by atoms with Crippen LogP contribution >= 0.6 is 0 Å². The average molecular weight is 357 g/mol. The molecular formula is C21H31N3O2. The molecule has 3 rings (SSSR count). The molecule has 2 N–H and O–H groups in total. The van der Waals surface area contributed by atoms with E-state index in [4.69, 9.17) is 0 Å². The van der Waals surface area contributed by atoms with Crippen molar-refractivity contribution in [3.05, 3.63) is 35.4 Å². The first-order chi connectivity index (χ1) is 12.3. The molecule has 0 bridgehead atoms. The molecule has 2 heterocycles. The van der Waals surface area contributed by atoms with Gasteiger partial charge in [-0.3, -0.25) is 9.59 Å². The smallest absolute Gasteiger partial charge is 0.253 e. The number of fused-ring (bicyclic) bond motifs is 1. The SMILES string of the molecule is CC(C)(C)C(=O)NCc1ccc(C(=O)N2CC[C@@H]3CNC[C@@H]3CC2)cc1. The molecular weight excluding hydrogens is 326 g/mol. The van der Waals surface area contributed by atoms with E-state index in [2.05, 4.69) is 10.6 Å². The Kier molecular flexibility index (Phi) is 5.66. The van der Waals surface area contributed by atoms with Crippen molar-refractivity contribution in [3.8, 4) is 0 Å². The van der Waals surface area contributed by atoms with E-state index in [1.54, 1.807) is 0 Å². The molecule has 2 aliphatic heterocycles. The van der Waals surface area contributed by atoms with Gasteiger partial charge >= 0.3 is 0 Å². The first kappa shape index (κ1) is 18.9. The van der Waals surface area contributed by atoms with Crippen LogP contribution in [-0.2, 0) is 11.3 Å². The molecule has 1 aromatic rings. The van der Waals surface area contributed by atoms with E-state index in [0.29, 0.717) is 6.54 Å². The van der Waals surface area contributed by atoms with E-state index in [1.165, 1.54) is 0 Å². The second-order valence-electron chi connectivity index (χ2n) is 8.68. The van der Waals surface area contributed by atoms with Crippen molar-refractivity contribution in [2.45, 2.75) is 40.2 Å². The number of benzene rings is 1. The lowest BCUT2D eigenvalue weighted by atomic mass is 9.92. The van der Waals surface area contributed by atoms with E-state index < -0.39 is 5.41 Å². The fourth-order valence-electron chi connectivity index (χ4n) is 3.82. The monoisotopic (exact) mass is 357 g/mol. The zero-order chi connectivity index (χ0) is 18.7. The van der Waals surface area contributed by atoms with Gasteiger partial charge in [0.2, 0.25) is 5.91 Å². The Morgan fingerprint density at radius 2 is 1.65 bits per heavy atom. The summed E-state index contributed by atoms with van der Waals surface area (Å²) in [6.45, 7) is 10.1. The molecule has 5 heteroatoms. The van der Waals surface area contributed by atoms with Crippen LogP contribution in [0, 0.1) is 17.3 Å². The van der Waals surface area contributed by atoms with Gasteiger partial charge in [-0.25, -0.2) is 0 Å². The minimum Gasteiger partial charge on any atom is -0.352 e. The minimum absolute atomic E-state index is 0.0299. The molecule has 0 saturated carbocycles. The Labute approximate surface area is 156 Å². The second kappa shape index (κ2) is 7.78. The summed E-state index contributed by atoms with van der Waals surface area (Å²) in [6.07, 6.45) is 2.20. The van der Waals surface area contributed by atoms with E-state index >= 15 is 0 Å². The normalized spacial score (nSPS) is 23.3. The molecule has 0 radical (unpaired) electrons. The summed E-state index contributed by atoms with van der Waals surface area (Å²) >= 11 is 0. The van der Waals surface area contributed by atoms with Crippen LogP contribution in [0.5, 0.6) is 0 Å². The number of hydrogen-bond acceptors (Lipinski definition) is 3. The number of rotatable bonds is 3. The highest BCUT2D eigenvalue weighted by Gasteiger charge is 2.31. The summed E-state index contributed by atoms with van der Waals surface area (Å²) in [6, 6.07) is 7.64. The predicted molar refractivity (Wildman–Crippen MR) is 103 cm³/mol. The molecule has 142 valence electrons. The molecule has 0 spiro atoms. The quantitative estimate of drug-likeness (QED) is 0.873. The third-order valence-electron chi connectivity index (χ3n) is 5.64. The second-order valence-corrected chi connectivity index (χ2v) is 8.68. The van der Waals surface area contributed by atoms with Gasteiger partial charge in [0.05, 0.1) is 0 Å². The fourth-order valence-corrected chi connectivity index (χ4v) is 3.82. The lowest BCUT2D eigenvalue weighted by molar-refractivity contribution is -0.128. The van der Waals surface area contributed by atoms with Crippen molar-refractivity contribution in [2.24, 2.45) is 17.3 Å². The van der Waals surface area contributed by atoms with Gasteiger partial charge < -0.3 is 15.5 Å². The first-order valence-corrected chi connectivity index (χ1v) is 9.72. The molecule has 5 nitrogen and oxygen atoms in total. The van der Waals surface area contributed by atoms with Crippen molar-refractivity contribution in [1.29, 1.82) is 0 Å².